The largest absolute Gasteiger partial charge is 0.422 e. The van der Waals surface area contributed by atoms with Gasteiger partial charge in [-0.1, -0.05) is 133 Å². The van der Waals surface area contributed by atoms with Gasteiger partial charge in [0.15, 0.2) is 13.6 Å². The minimum Gasteiger partial charge on any atom is -0.422 e. The summed E-state index contributed by atoms with van der Waals surface area (Å²) in [5, 5.41) is 11.0. The summed E-state index contributed by atoms with van der Waals surface area (Å²) in [5.74, 6) is 2.93. The van der Waals surface area contributed by atoms with Crippen molar-refractivity contribution < 1.29 is 13.9 Å². The molecule has 0 N–H and O–H groups in total. The number of fused-ring (bicyclic) bond motifs is 16. The Hall–Kier alpha value is -8.32. The van der Waals surface area contributed by atoms with Gasteiger partial charge in [0, 0.05) is 38.2 Å². The number of aromatic nitrogens is 4. The molecule has 10 heterocycles. The molecule has 19 rings (SSSR count). The molecule has 7 aliphatic rings. The fourth-order valence-corrected chi connectivity index (χ4v) is 21.0. The van der Waals surface area contributed by atoms with E-state index >= 15 is 0 Å². The van der Waals surface area contributed by atoms with Gasteiger partial charge in [0.25, 0.3) is 17.3 Å². The Morgan fingerprint density at radius 3 is 1.76 bits per heavy atom. The molecule has 66 heavy (non-hydrogen) atoms. The van der Waals surface area contributed by atoms with Gasteiger partial charge in [0.1, 0.15) is 28.0 Å². The van der Waals surface area contributed by atoms with Gasteiger partial charge in [-0.15, -0.1) is 4.57 Å². The smallest absolute Gasteiger partial charge is 0.321 e. The third kappa shape index (κ3) is 2.85. The number of para-hydroxylation sites is 3. The fourth-order valence-electron chi connectivity index (χ4n) is 15.5. The van der Waals surface area contributed by atoms with Crippen molar-refractivity contribution in [2.75, 3.05) is 0 Å². The molecule has 0 saturated heterocycles. The first-order valence-corrected chi connectivity index (χ1v) is 25.2. The number of pyridine rings is 2. The van der Waals surface area contributed by atoms with Crippen LogP contribution in [0.25, 0.3) is 77.5 Å². The molecule has 4 aromatic heterocycles. The van der Waals surface area contributed by atoms with Gasteiger partial charge in [-0.05, 0) is 92.3 Å². The normalized spacial score (nSPS) is 18.1. The van der Waals surface area contributed by atoms with Crippen molar-refractivity contribution in [3.05, 3.63) is 228 Å². The van der Waals surface area contributed by atoms with Crippen molar-refractivity contribution >= 4 is 72.6 Å². The molecule has 300 valence electrons. The number of nitrogens with zero attached hydrogens (tertiary/aromatic N) is 4. The van der Waals surface area contributed by atoms with Gasteiger partial charge >= 0.3 is 5.66 Å². The monoisotopic (exact) mass is 852 g/mol. The first kappa shape index (κ1) is 32.4. The van der Waals surface area contributed by atoms with Gasteiger partial charge in [-0.2, -0.15) is 13.7 Å². The van der Waals surface area contributed by atoms with E-state index in [1.165, 1.54) is 132 Å². The van der Waals surface area contributed by atoms with Crippen LogP contribution in [0, 0.1) is 0 Å². The minimum atomic E-state index is -2.94. The first-order chi connectivity index (χ1) is 32.8. The highest BCUT2D eigenvalue weighted by Crippen LogP contribution is 2.63. The summed E-state index contributed by atoms with van der Waals surface area (Å²) >= 11 is 0. The molecule has 0 fully saturated rings. The van der Waals surface area contributed by atoms with E-state index in [1.807, 2.05) is 0 Å². The number of hydrogen-bond acceptors (Lipinski definition) is 1. The third-order valence-corrected chi connectivity index (χ3v) is 22.2. The van der Waals surface area contributed by atoms with Crippen LogP contribution in [0.5, 0.6) is 11.6 Å². The van der Waals surface area contributed by atoms with E-state index in [2.05, 4.69) is 213 Å². The fraction of sp³-hybridized carbons (Fsp3) is 0.0333. The molecule has 1 atom stereocenters. The number of ether oxygens (including phenoxy) is 1. The molecule has 6 heteroatoms. The Bertz CT molecular complexity index is 4100. The Labute approximate surface area is 377 Å². The molecule has 12 aromatic rings. The van der Waals surface area contributed by atoms with Crippen LogP contribution in [0.3, 0.4) is 0 Å². The highest BCUT2D eigenvalue weighted by molar-refractivity contribution is 7.23. The molecule has 8 aromatic carbocycles. The van der Waals surface area contributed by atoms with E-state index < -0.39 is 19.2 Å². The van der Waals surface area contributed by atoms with Crippen molar-refractivity contribution in [2.45, 2.75) is 11.1 Å². The second-order valence-electron chi connectivity index (χ2n) is 19.4. The van der Waals surface area contributed by atoms with Crippen molar-refractivity contribution in [2.24, 2.45) is 0 Å². The quantitative estimate of drug-likeness (QED) is 0.111. The van der Waals surface area contributed by atoms with Crippen LogP contribution in [0.1, 0.15) is 33.4 Å². The zero-order valence-electron chi connectivity index (χ0n) is 35.2. The molecular formula is C60H32N4OSi+2. The van der Waals surface area contributed by atoms with E-state index in [4.69, 9.17) is 4.74 Å². The zero-order valence-corrected chi connectivity index (χ0v) is 36.2. The van der Waals surface area contributed by atoms with Crippen LogP contribution in [-0.2, 0) is 11.1 Å². The maximum absolute atomic E-state index is 7.53. The first-order valence-electron chi connectivity index (χ1n) is 23.2. The average molecular weight is 853 g/mol. The van der Waals surface area contributed by atoms with Crippen molar-refractivity contribution in [1.29, 1.82) is 0 Å². The van der Waals surface area contributed by atoms with Gasteiger partial charge < -0.3 is 4.74 Å². The standard InChI is InChI=1S/C60H32N4OSi/c1-5-21-41-33(13-1)34-14-2-6-22-42(34)59(41)43-23-9-17-37-38-18-10-24-44-54(38)62(53(37)43)58-45(59)28-31-51-64(58)60(44)52-46(65-51)29-30-50-56(52)63-55-39(40-20-12-32-61(60)57(40)63)19-11-27-49(55)66(50)47-25-7-3-15-35(47)36-16-4-8-26-48(36)66/h1-32H/q+2. The number of hydrogen-bond donors (Lipinski definition) is 0. The Morgan fingerprint density at radius 2 is 1.02 bits per heavy atom. The molecule has 1 aliphatic carbocycles. The summed E-state index contributed by atoms with van der Waals surface area (Å²) < 4.78 is 18.1. The Balaban J connectivity index is 1.09. The molecule has 1 unspecified atom stereocenters. The van der Waals surface area contributed by atoms with E-state index in [0.29, 0.717) is 0 Å². The molecule has 5 nitrogen and oxygen atoms in total. The van der Waals surface area contributed by atoms with Crippen LogP contribution in [0.2, 0.25) is 0 Å². The van der Waals surface area contributed by atoms with Crippen LogP contribution >= 0.6 is 0 Å². The predicted octanol–water partition coefficient (Wildman–Crippen LogP) is 8.83. The molecule has 6 aliphatic heterocycles. The highest BCUT2D eigenvalue weighted by atomic mass is 28.3. The second kappa shape index (κ2) is 9.98. The van der Waals surface area contributed by atoms with E-state index in [1.54, 1.807) is 0 Å². The molecule has 0 saturated carbocycles. The number of benzene rings is 8. The summed E-state index contributed by atoms with van der Waals surface area (Å²) in [6.07, 6.45) is 2.37. The summed E-state index contributed by atoms with van der Waals surface area (Å²) in [7, 11) is -2.94. The minimum absolute atomic E-state index is 0.576. The maximum Gasteiger partial charge on any atom is 0.321 e. The van der Waals surface area contributed by atoms with Crippen molar-refractivity contribution in [3.63, 3.8) is 0 Å². The lowest BCUT2D eigenvalue weighted by Crippen LogP contribution is -2.81. The molecule has 3 spiro atoms. The lowest BCUT2D eigenvalue weighted by atomic mass is 9.65. The second-order valence-corrected chi connectivity index (χ2v) is 23.1. The van der Waals surface area contributed by atoms with Gasteiger partial charge in [0.05, 0.1) is 28.1 Å². The van der Waals surface area contributed by atoms with E-state index in [0.717, 1.165) is 11.6 Å². The zero-order chi connectivity index (χ0) is 42.2. The maximum atomic E-state index is 7.53. The SMILES string of the molecule is c1ccc2c(c1)-c1ccccc1C21c2ccc3[n+]4c2-n2c5c1cccc5c1cccc(c12)C41c2c(ccc4c2-n2c5c(cccc5c5ccc[n+]1c52)[Si]41c2ccccc2-c2ccccc21)O3. The topological polar surface area (TPSA) is 26.8 Å². The lowest BCUT2D eigenvalue weighted by Gasteiger charge is -2.45. The molecule has 0 amide bonds. The lowest BCUT2D eigenvalue weighted by molar-refractivity contribution is -0.963. The van der Waals surface area contributed by atoms with Gasteiger partial charge in [-0.25, -0.2) is 0 Å². The average Bonchev–Trinajstić information content (AvgIpc) is 4.09. The summed E-state index contributed by atoms with van der Waals surface area (Å²) in [5.41, 5.74) is 18.0. The molecule has 0 bridgehead atoms. The number of rotatable bonds is 0. The van der Waals surface area contributed by atoms with E-state index in [-0.39, 0.29) is 0 Å². The molecule has 0 radical (unpaired) electrons. The summed E-state index contributed by atoms with van der Waals surface area (Å²) in [6.45, 7) is 0. The van der Waals surface area contributed by atoms with Gasteiger partial charge in [-0.3, -0.25) is 0 Å². The molecular weight excluding hydrogens is 821 g/mol. The van der Waals surface area contributed by atoms with Crippen LogP contribution in [0.4, 0.5) is 0 Å². The van der Waals surface area contributed by atoms with Crippen LogP contribution in [-0.4, -0.2) is 17.2 Å². The van der Waals surface area contributed by atoms with Crippen molar-refractivity contribution in [3.8, 4) is 45.4 Å². The Morgan fingerprint density at radius 1 is 0.424 bits per heavy atom. The third-order valence-electron chi connectivity index (χ3n) is 17.3. The van der Waals surface area contributed by atoms with Gasteiger partial charge in [0.2, 0.25) is 0 Å². The summed E-state index contributed by atoms with van der Waals surface area (Å²) in [4.78, 5) is 0. The van der Waals surface area contributed by atoms with Crippen LogP contribution < -0.4 is 34.6 Å². The summed E-state index contributed by atoms with van der Waals surface area (Å²) in [6, 6.07) is 72.5. The predicted molar refractivity (Wildman–Crippen MR) is 261 cm³/mol. The van der Waals surface area contributed by atoms with Crippen LogP contribution in [0.15, 0.2) is 194 Å². The highest BCUT2D eigenvalue weighted by Gasteiger charge is 2.69. The Kier molecular flexibility index (Phi) is 4.89. The van der Waals surface area contributed by atoms with Crippen molar-refractivity contribution in [1.82, 2.24) is 9.13 Å². The van der Waals surface area contributed by atoms with E-state index in [9.17, 15) is 0 Å².